The number of carbonyl (C=O) groups excluding carboxylic acids is 1. The van der Waals surface area contributed by atoms with Crippen LogP contribution in [0.1, 0.15) is 28.4 Å². The number of sulfonamides is 1. The van der Waals surface area contributed by atoms with Gasteiger partial charge in [0.2, 0.25) is 10.0 Å². The summed E-state index contributed by atoms with van der Waals surface area (Å²) in [5.74, 6) is -0.475. The molecule has 1 aliphatic rings. The van der Waals surface area contributed by atoms with Crippen molar-refractivity contribution < 1.29 is 17.9 Å². The first-order valence-corrected chi connectivity index (χ1v) is 10.9. The number of amides is 1. The molecule has 1 saturated heterocycles. The zero-order valence-corrected chi connectivity index (χ0v) is 17.4. The molecular formula is C20H20ClN3O4S. The van der Waals surface area contributed by atoms with Gasteiger partial charge in [0.05, 0.1) is 28.7 Å². The average Bonchev–Trinajstić information content (AvgIpc) is 2.75. The Morgan fingerprint density at radius 2 is 1.97 bits per heavy atom. The number of anilines is 1. The third-order valence-corrected chi connectivity index (χ3v) is 6.95. The van der Waals surface area contributed by atoms with E-state index in [2.05, 4.69) is 5.32 Å². The normalized spacial score (nSPS) is 14.9. The Morgan fingerprint density at radius 3 is 2.62 bits per heavy atom. The topological polar surface area (TPSA) is 99.5 Å². The Bertz CT molecular complexity index is 1070. The minimum absolute atomic E-state index is 0.128. The fraction of sp³-hybridized carbons (Fsp3) is 0.300. The number of nitriles is 1. The van der Waals surface area contributed by atoms with Gasteiger partial charge in [-0.1, -0.05) is 24.6 Å². The minimum Gasteiger partial charge on any atom is -0.379 e. The molecule has 1 heterocycles. The Morgan fingerprint density at radius 1 is 1.24 bits per heavy atom. The van der Waals surface area contributed by atoms with Crippen LogP contribution in [0, 0.1) is 11.3 Å². The molecule has 2 aromatic rings. The monoisotopic (exact) mass is 433 g/mol. The molecule has 0 atom stereocenters. The number of rotatable bonds is 5. The number of ether oxygens (including phenoxy) is 1. The van der Waals surface area contributed by atoms with Crippen molar-refractivity contribution in [1.29, 1.82) is 5.26 Å². The molecule has 1 N–H and O–H groups in total. The van der Waals surface area contributed by atoms with Gasteiger partial charge >= 0.3 is 0 Å². The van der Waals surface area contributed by atoms with E-state index in [4.69, 9.17) is 21.6 Å². The molecule has 0 aliphatic carbocycles. The average molecular weight is 434 g/mol. The van der Waals surface area contributed by atoms with Crippen LogP contribution in [-0.2, 0) is 21.2 Å². The number of nitrogens with zero attached hydrogens (tertiary/aromatic N) is 2. The van der Waals surface area contributed by atoms with Crippen molar-refractivity contribution in [3.63, 3.8) is 0 Å². The van der Waals surface area contributed by atoms with E-state index in [9.17, 15) is 13.2 Å². The molecule has 1 fully saturated rings. The summed E-state index contributed by atoms with van der Waals surface area (Å²) in [5.41, 5.74) is 1.49. The van der Waals surface area contributed by atoms with E-state index in [1.165, 1.54) is 22.5 Å². The number of halogens is 1. The molecule has 0 bridgehead atoms. The lowest BCUT2D eigenvalue weighted by molar-refractivity contribution is 0.0730. The zero-order chi connectivity index (χ0) is 21.0. The second kappa shape index (κ2) is 8.93. The van der Waals surface area contributed by atoms with Gasteiger partial charge in [0, 0.05) is 24.3 Å². The summed E-state index contributed by atoms with van der Waals surface area (Å²) >= 11 is 5.91. The lowest BCUT2D eigenvalue weighted by atomic mass is 10.1. The molecule has 0 spiro atoms. The maximum atomic E-state index is 13.1. The summed E-state index contributed by atoms with van der Waals surface area (Å²) in [7, 11) is -3.74. The number of hydrogen-bond acceptors (Lipinski definition) is 5. The van der Waals surface area contributed by atoms with Crippen LogP contribution in [0.2, 0.25) is 5.02 Å². The molecule has 0 radical (unpaired) electrons. The molecule has 9 heteroatoms. The predicted octanol–water partition coefficient (Wildman–Crippen LogP) is 3.05. The summed E-state index contributed by atoms with van der Waals surface area (Å²) in [6.45, 7) is 3.12. The number of nitrogens with one attached hydrogen (secondary N) is 1. The fourth-order valence-electron chi connectivity index (χ4n) is 3.05. The summed E-state index contributed by atoms with van der Waals surface area (Å²) < 4.78 is 32.8. The van der Waals surface area contributed by atoms with E-state index in [0.29, 0.717) is 30.9 Å². The van der Waals surface area contributed by atoms with Crippen molar-refractivity contribution in [3.8, 4) is 6.07 Å². The number of carbonyl (C=O) groups is 1. The molecule has 1 aliphatic heterocycles. The summed E-state index contributed by atoms with van der Waals surface area (Å²) in [4.78, 5) is 12.8. The number of hydrogen-bond donors (Lipinski definition) is 1. The van der Waals surface area contributed by atoms with E-state index in [0.717, 1.165) is 0 Å². The van der Waals surface area contributed by atoms with Crippen LogP contribution < -0.4 is 5.32 Å². The van der Waals surface area contributed by atoms with Gasteiger partial charge in [0.1, 0.15) is 6.07 Å². The lowest BCUT2D eigenvalue weighted by Crippen LogP contribution is -2.41. The maximum Gasteiger partial charge on any atom is 0.255 e. The van der Waals surface area contributed by atoms with Gasteiger partial charge < -0.3 is 10.1 Å². The standard InChI is InChI=1S/C20H20ClN3O4S/c1-2-14-3-4-15(12-19(14)29(26,27)24-7-9-28-10-8-24)20(25)23-17-5-6-18(21)16(11-17)13-22/h3-6,11-12H,2,7-10H2,1H3,(H,23,25). The number of aryl methyl sites for hydroxylation is 1. The summed E-state index contributed by atoms with van der Waals surface area (Å²) in [5, 5.41) is 12.0. The van der Waals surface area contributed by atoms with Crippen molar-refractivity contribution in [3.05, 3.63) is 58.1 Å². The largest absolute Gasteiger partial charge is 0.379 e. The van der Waals surface area contributed by atoms with E-state index in [1.807, 2.05) is 13.0 Å². The molecule has 152 valence electrons. The van der Waals surface area contributed by atoms with Crippen molar-refractivity contribution in [2.75, 3.05) is 31.6 Å². The van der Waals surface area contributed by atoms with Crippen molar-refractivity contribution in [2.45, 2.75) is 18.2 Å². The predicted molar refractivity (Wildman–Crippen MR) is 110 cm³/mol. The highest BCUT2D eigenvalue weighted by molar-refractivity contribution is 7.89. The number of morpholine rings is 1. The first-order valence-electron chi connectivity index (χ1n) is 9.08. The first kappa shape index (κ1) is 21.3. The van der Waals surface area contributed by atoms with Crippen molar-refractivity contribution in [1.82, 2.24) is 4.31 Å². The van der Waals surface area contributed by atoms with Gasteiger partial charge in [-0.15, -0.1) is 0 Å². The van der Waals surface area contributed by atoms with Gasteiger partial charge in [-0.2, -0.15) is 9.57 Å². The van der Waals surface area contributed by atoms with Crippen LogP contribution in [0.5, 0.6) is 0 Å². The highest BCUT2D eigenvalue weighted by atomic mass is 35.5. The quantitative estimate of drug-likeness (QED) is 0.781. The third-order valence-electron chi connectivity index (χ3n) is 4.64. The summed E-state index contributed by atoms with van der Waals surface area (Å²) in [6, 6.07) is 11.2. The fourth-order valence-corrected chi connectivity index (χ4v) is 4.93. The van der Waals surface area contributed by atoms with E-state index in [-0.39, 0.29) is 34.1 Å². The lowest BCUT2D eigenvalue weighted by Gasteiger charge is -2.27. The summed E-state index contributed by atoms with van der Waals surface area (Å²) in [6.07, 6.45) is 0.517. The van der Waals surface area contributed by atoms with Gasteiger partial charge in [0.25, 0.3) is 5.91 Å². The maximum absolute atomic E-state index is 13.1. The smallest absolute Gasteiger partial charge is 0.255 e. The molecule has 0 saturated carbocycles. The van der Waals surface area contributed by atoms with Gasteiger partial charge in [-0.05, 0) is 42.3 Å². The Balaban J connectivity index is 1.92. The Kier molecular flexibility index (Phi) is 6.55. The van der Waals surface area contributed by atoms with Crippen molar-refractivity contribution in [2.24, 2.45) is 0 Å². The van der Waals surface area contributed by atoms with Crippen LogP contribution in [0.3, 0.4) is 0 Å². The number of benzene rings is 2. The molecule has 29 heavy (non-hydrogen) atoms. The van der Waals surface area contributed by atoms with Gasteiger partial charge in [-0.25, -0.2) is 8.42 Å². The van der Waals surface area contributed by atoms with Gasteiger partial charge in [-0.3, -0.25) is 4.79 Å². The highest BCUT2D eigenvalue weighted by Gasteiger charge is 2.29. The second-order valence-electron chi connectivity index (χ2n) is 6.45. The molecular weight excluding hydrogens is 414 g/mol. The SMILES string of the molecule is CCc1ccc(C(=O)Nc2ccc(Cl)c(C#N)c2)cc1S(=O)(=O)N1CCOCC1. The Hall–Kier alpha value is -2.44. The second-order valence-corrected chi connectivity index (χ2v) is 8.77. The van der Waals surface area contributed by atoms with Crippen molar-refractivity contribution >= 4 is 33.2 Å². The first-order chi connectivity index (χ1) is 13.9. The zero-order valence-electron chi connectivity index (χ0n) is 15.8. The highest BCUT2D eigenvalue weighted by Crippen LogP contribution is 2.25. The molecule has 1 amide bonds. The molecule has 0 aromatic heterocycles. The van der Waals surface area contributed by atoms with Gasteiger partial charge in [0.15, 0.2) is 0 Å². The Labute approximate surface area is 174 Å². The molecule has 7 nitrogen and oxygen atoms in total. The van der Waals surface area contributed by atoms with Crippen LogP contribution in [0.4, 0.5) is 5.69 Å². The van der Waals surface area contributed by atoms with Crippen LogP contribution in [0.25, 0.3) is 0 Å². The minimum atomic E-state index is -3.74. The molecule has 3 rings (SSSR count). The van der Waals surface area contributed by atoms with Crippen LogP contribution in [0.15, 0.2) is 41.3 Å². The molecule has 0 unspecified atom stereocenters. The van der Waals surface area contributed by atoms with E-state index >= 15 is 0 Å². The van der Waals surface area contributed by atoms with Crippen LogP contribution >= 0.6 is 11.6 Å². The van der Waals surface area contributed by atoms with E-state index in [1.54, 1.807) is 18.2 Å². The van der Waals surface area contributed by atoms with Crippen LogP contribution in [-0.4, -0.2) is 44.9 Å². The third kappa shape index (κ3) is 4.60. The van der Waals surface area contributed by atoms with E-state index < -0.39 is 15.9 Å². The molecule has 2 aromatic carbocycles.